The number of carbonyl (C=O) groups is 1. The molecule has 0 unspecified atom stereocenters. The number of hydrogen-bond acceptors (Lipinski definition) is 4. The molecule has 4 rings (SSSR count). The molecule has 1 N–H and O–H groups in total. The van der Waals surface area contributed by atoms with Crippen LogP contribution in [0.4, 0.5) is 0 Å². The lowest BCUT2D eigenvalue weighted by Crippen LogP contribution is -2.37. The fourth-order valence-electron chi connectivity index (χ4n) is 3.26. The monoisotopic (exact) mass is 362 g/mol. The zero-order valence-electron chi connectivity index (χ0n) is 13.2. The van der Waals surface area contributed by atoms with Crippen molar-refractivity contribution in [2.24, 2.45) is 0 Å². The van der Waals surface area contributed by atoms with Crippen LogP contribution in [0.25, 0.3) is 0 Å². The molecule has 2 heterocycles. The van der Waals surface area contributed by atoms with E-state index >= 15 is 0 Å². The second-order valence-electron chi connectivity index (χ2n) is 6.84. The molecule has 1 aliphatic carbocycles. The Morgan fingerprint density at radius 1 is 1.46 bits per heavy atom. The van der Waals surface area contributed by atoms with Gasteiger partial charge in [0.1, 0.15) is 4.88 Å². The molecule has 0 spiro atoms. The zero-order valence-corrected chi connectivity index (χ0v) is 14.8. The van der Waals surface area contributed by atoms with Crippen LogP contribution in [0.3, 0.4) is 0 Å². The number of rotatable bonds is 4. The summed E-state index contributed by atoms with van der Waals surface area (Å²) in [6.45, 7) is 0.932. The maximum Gasteiger partial charge on any atom is 0.265 e. The van der Waals surface area contributed by atoms with Crippen LogP contribution in [-0.2, 0) is 6.42 Å². The first kappa shape index (κ1) is 16.1. The lowest BCUT2D eigenvalue weighted by molar-refractivity contribution is 0.0447. The fraction of sp³-hybridized carbons (Fsp3) is 0.444. The average molecular weight is 363 g/mol. The standard InChI is InChI=1S/C18H19ClN2O2S/c19-14-3-1-2-12(8-14)9-18(23)6-7-21(11-18)17(22)15-10-20-16(24-15)13-4-5-13/h1-3,8,10,13,23H,4-7,9,11H2/t18-/m0/s1. The molecule has 2 aliphatic rings. The molecule has 1 saturated carbocycles. The summed E-state index contributed by atoms with van der Waals surface area (Å²) in [5, 5.41) is 12.6. The molecule has 126 valence electrons. The highest BCUT2D eigenvalue weighted by atomic mass is 35.5. The van der Waals surface area contributed by atoms with E-state index in [-0.39, 0.29) is 5.91 Å². The number of hydrogen-bond donors (Lipinski definition) is 1. The van der Waals surface area contributed by atoms with E-state index in [1.54, 1.807) is 11.1 Å². The predicted octanol–water partition coefficient (Wildman–Crippen LogP) is 3.49. The molecule has 2 aromatic rings. The van der Waals surface area contributed by atoms with Crippen molar-refractivity contribution in [3.63, 3.8) is 0 Å². The van der Waals surface area contributed by atoms with Crippen molar-refractivity contribution >= 4 is 28.8 Å². The Bertz CT molecular complexity index is 774. The van der Waals surface area contributed by atoms with Crippen LogP contribution in [0.1, 0.15) is 45.4 Å². The molecule has 4 nitrogen and oxygen atoms in total. The molecule has 0 bridgehead atoms. The molecule has 1 aromatic carbocycles. The molecular formula is C18H19ClN2O2S. The van der Waals surface area contributed by atoms with E-state index in [1.807, 2.05) is 24.3 Å². The summed E-state index contributed by atoms with van der Waals surface area (Å²) in [5.41, 5.74) is 0.109. The SMILES string of the molecule is O=C(c1cnc(C2CC2)s1)N1CC[C@](O)(Cc2cccc(Cl)c2)C1. The van der Waals surface area contributed by atoms with E-state index in [1.165, 1.54) is 24.2 Å². The summed E-state index contributed by atoms with van der Waals surface area (Å²) in [5.74, 6) is 0.552. The van der Waals surface area contributed by atoms with Crippen molar-refractivity contribution in [1.29, 1.82) is 0 Å². The molecule has 0 radical (unpaired) electrons. The Balaban J connectivity index is 1.43. The Morgan fingerprint density at radius 2 is 2.29 bits per heavy atom. The van der Waals surface area contributed by atoms with Crippen LogP contribution in [0.2, 0.25) is 5.02 Å². The minimum atomic E-state index is -0.885. The van der Waals surface area contributed by atoms with Gasteiger partial charge in [-0.2, -0.15) is 0 Å². The number of β-amino-alcohol motifs (C(OH)–C–C–N with tert-alkyl or cyclic N) is 1. The van der Waals surface area contributed by atoms with Crippen LogP contribution >= 0.6 is 22.9 Å². The predicted molar refractivity (Wildman–Crippen MR) is 94.7 cm³/mol. The highest BCUT2D eigenvalue weighted by molar-refractivity contribution is 7.13. The van der Waals surface area contributed by atoms with Gasteiger partial charge in [0.25, 0.3) is 5.91 Å². The van der Waals surface area contributed by atoms with Crippen molar-refractivity contribution < 1.29 is 9.90 Å². The first-order chi connectivity index (χ1) is 11.5. The topological polar surface area (TPSA) is 53.4 Å². The van der Waals surface area contributed by atoms with Gasteiger partial charge in [0, 0.05) is 23.9 Å². The third kappa shape index (κ3) is 3.34. The molecule has 2 fully saturated rings. The molecule has 6 heteroatoms. The molecular weight excluding hydrogens is 344 g/mol. The molecule has 1 aromatic heterocycles. The molecule has 1 amide bonds. The smallest absolute Gasteiger partial charge is 0.265 e. The lowest BCUT2D eigenvalue weighted by Gasteiger charge is -2.23. The number of amides is 1. The van der Waals surface area contributed by atoms with E-state index in [0.717, 1.165) is 10.6 Å². The number of aliphatic hydroxyl groups is 1. The van der Waals surface area contributed by atoms with Gasteiger partial charge in [-0.3, -0.25) is 4.79 Å². The second kappa shape index (κ2) is 6.14. The first-order valence-corrected chi connectivity index (χ1v) is 9.44. The number of nitrogens with zero attached hydrogens (tertiary/aromatic N) is 2. The Kier molecular flexibility index (Phi) is 4.11. The minimum absolute atomic E-state index is 0.0126. The molecule has 1 atom stereocenters. The second-order valence-corrected chi connectivity index (χ2v) is 8.34. The highest BCUT2D eigenvalue weighted by Crippen LogP contribution is 2.42. The van der Waals surface area contributed by atoms with Crippen molar-refractivity contribution in [1.82, 2.24) is 9.88 Å². The van der Waals surface area contributed by atoms with Crippen molar-refractivity contribution in [2.45, 2.75) is 37.2 Å². The third-order valence-corrected chi connectivity index (χ3v) is 6.09. The van der Waals surface area contributed by atoms with E-state index in [9.17, 15) is 9.90 Å². The fourth-order valence-corrected chi connectivity index (χ4v) is 4.53. The molecule has 1 aliphatic heterocycles. The summed E-state index contributed by atoms with van der Waals surface area (Å²) in [7, 11) is 0. The zero-order chi connectivity index (χ0) is 16.7. The van der Waals surface area contributed by atoms with Gasteiger partial charge in [-0.25, -0.2) is 4.98 Å². The summed E-state index contributed by atoms with van der Waals surface area (Å²) < 4.78 is 0. The summed E-state index contributed by atoms with van der Waals surface area (Å²) in [4.78, 5) is 19.5. The van der Waals surface area contributed by atoms with Gasteiger partial charge in [-0.1, -0.05) is 23.7 Å². The maximum absolute atomic E-state index is 12.7. The highest BCUT2D eigenvalue weighted by Gasteiger charge is 2.39. The average Bonchev–Trinajstić information content (AvgIpc) is 3.15. The summed E-state index contributed by atoms with van der Waals surface area (Å²) >= 11 is 7.52. The Labute approximate surface area is 150 Å². The van der Waals surface area contributed by atoms with Gasteiger partial charge in [-0.15, -0.1) is 11.3 Å². The Morgan fingerprint density at radius 3 is 3.04 bits per heavy atom. The van der Waals surface area contributed by atoms with Crippen LogP contribution < -0.4 is 0 Å². The lowest BCUT2D eigenvalue weighted by atomic mass is 9.94. The number of halogens is 1. The largest absolute Gasteiger partial charge is 0.388 e. The van der Waals surface area contributed by atoms with E-state index < -0.39 is 5.60 Å². The summed E-state index contributed by atoms with van der Waals surface area (Å²) in [6.07, 6.45) is 5.15. The molecule has 24 heavy (non-hydrogen) atoms. The maximum atomic E-state index is 12.7. The van der Waals surface area contributed by atoms with Crippen molar-refractivity contribution in [3.8, 4) is 0 Å². The first-order valence-electron chi connectivity index (χ1n) is 8.24. The van der Waals surface area contributed by atoms with Crippen molar-refractivity contribution in [3.05, 3.63) is 50.9 Å². The quantitative estimate of drug-likeness (QED) is 0.905. The van der Waals surface area contributed by atoms with E-state index in [4.69, 9.17) is 11.6 Å². The number of carbonyl (C=O) groups excluding carboxylic acids is 1. The Hall–Kier alpha value is -1.43. The third-order valence-electron chi connectivity index (χ3n) is 4.70. The van der Waals surface area contributed by atoms with E-state index in [0.29, 0.717) is 41.7 Å². The molecule has 1 saturated heterocycles. The van der Waals surface area contributed by atoms with Gasteiger partial charge in [0.15, 0.2) is 0 Å². The number of benzene rings is 1. The van der Waals surface area contributed by atoms with Crippen molar-refractivity contribution in [2.75, 3.05) is 13.1 Å². The van der Waals surface area contributed by atoms with Crippen LogP contribution in [0, 0.1) is 0 Å². The van der Waals surface area contributed by atoms with Gasteiger partial charge in [-0.05, 0) is 37.0 Å². The normalized spacial score (nSPS) is 23.7. The number of thiazole rings is 1. The number of likely N-dealkylation sites (tertiary alicyclic amines) is 1. The van der Waals surface area contributed by atoms with Crippen LogP contribution in [0.5, 0.6) is 0 Å². The van der Waals surface area contributed by atoms with Gasteiger partial charge < -0.3 is 10.0 Å². The van der Waals surface area contributed by atoms with Gasteiger partial charge >= 0.3 is 0 Å². The minimum Gasteiger partial charge on any atom is -0.388 e. The van der Waals surface area contributed by atoms with Crippen LogP contribution in [-0.4, -0.2) is 39.6 Å². The summed E-state index contributed by atoms with van der Waals surface area (Å²) in [6, 6.07) is 7.53. The van der Waals surface area contributed by atoms with Gasteiger partial charge in [0.2, 0.25) is 0 Å². The van der Waals surface area contributed by atoms with E-state index in [2.05, 4.69) is 4.98 Å². The van der Waals surface area contributed by atoms with Gasteiger partial charge in [0.05, 0.1) is 23.4 Å². The van der Waals surface area contributed by atoms with Crippen LogP contribution in [0.15, 0.2) is 30.5 Å². The number of aromatic nitrogens is 1.